The molecule has 0 spiro atoms. The quantitative estimate of drug-likeness (QED) is 0.786. The number of benzene rings is 1. The maximum absolute atomic E-state index is 13.6. The summed E-state index contributed by atoms with van der Waals surface area (Å²) in [5, 5.41) is 0. The van der Waals surface area contributed by atoms with Crippen LogP contribution in [0.3, 0.4) is 0 Å². The number of aromatic amines is 1. The minimum absolute atomic E-state index is 0.265. The van der Waals surface area contributed by atoms with Gasteiger partial charge in [-0.25, -0.2) is 4.39 Å². The molecule has 0 atom stereocenters. The molecule has 102 valence electrons. The fourth-order valence-electron chi connectivity index (χ4n) is 2.59. The van der Waals surface area contributed by atoms with Gasteiger partial charge in [-0.1, -0.05) is 6.42 Å². The molecule has 0 saturated heterocycles. The zero-order chi connectivity index (χ0) is 13.6. The van der Waals surface area contributed by atoms with Crippen molar-refractivity contribution in [1.82, 2.24) is 9.55 Å². The normalized spacial score (nSPS) is 17.6. The van der Waals surface area contributed by atoms with Gasteiger partial charge in [-0.05, 0) is 53.3 Å². The highest BCUT2D eigenvalue weighted by Gasteiger charge is 2.37. The lowest BCUT2D eigenvalue weighted by Gasteiger charge is -2.40. The highest BCUT2D eigenvalue weighted by molar-refractivity contribution is 9.10. The van der Waals surface area contributed by atoms with Crippen LogP contribution in [-0.2, 0) is 6.54 Å². The smallest absolute Gasteiger partial charge is 0.178 e. The molecule has 1 aromatic carbocycles. The number of nitrogens with zero attached hydrogens (tertiary/aromatic N) is 1. The van der Waals surface area contributed by atoms with Crippen molar-refractivity contribution in [1.29, 1.82) is 0 Å². The maximum Gasteiger partial charge on any atom is 0.178 e. The van der Waals surface area contributed by atoms with E-state index in [9.17, 15) is 4.39 Å². The lowest BCUT2D eigenvalue weighted by atomic mass is 9.84. The van der Waals surface area contributed by atoms with Gasteiger partial charge in [-0.15, -0.1) is 0 Å². The Labute approximate surface area is 128 Å². The molecular formula is C13H14BrFN2S2. The molecule has 0 unspecified atom stereocenters. The monoisotopic (exact) mass is 360 g/mol. The fourth-order valence-corrected chi connectivity index (χ4v) is 4.15. The third-order valence-electron chi connectivity index (χ3n) is 3.96. The van der Waals surface area contributed by atoms with Gasteiger partial charge < -0.3 is 9.55 Å². The number of fused-ring (bicyclic) bond motifs is 1. The molecule has 6 heteroatoms. The molecule has 0 aliphatic heterocycles. The lowest BCUT2D eigenvalue weighted by molar-refractivity contribution is 0.323. The third-order valence-corrected chi connectivity index (χ3v) is 6.29. The van der Waals surface area contributed by atoms with Crippen molar-refractivity contribution >= 4 is 50.9 Å². The highest BCUT2D eigenvalue weighted by atomic mass is 79.9. The number of nitrogens with one attached hydrogen (secondary N) is 1. The molecule has 1 heterocycles. The second kappa shape index (κ2) is 4.90. The average molecular weight is 361 g/mol. The van der Waals surface area contributed by atoms with Crippen LogP contribution in [0, 0.1) is 10.6 Å². The Morgan fingerprint density at radius 1 is 1.53 bits per heavy atom. The summed E-state index contributed by atoms with van der Waals surface area (Å²) < 4.78 is 17.1. The number of hydrogen-bond donors (Lipinski definition) is 1. The Hall–Kier alpha value is -0.330. The number of halogens is 2. The minimum atomic E-state index is -0.265. The predicted molar refractivity (Wildman–Crippen MR) is 84.9 cm³/mol. The van der Waals surface area contributed by atoms with Crippen LogP contribution in [0.4, 0.5) is 4.39 Å². The zero-order valence-electron chi connectivity index (χ0n) is 10.5. The van der Waals surface area contributed by atoms with Crippen molar-refractivity contribution in [3.8, 4) is 0 Å². The van der Waals surface area contributed by atoms with Crippen LogP contribution in [0.2, 0.25) is 0 Å². The van der Waals surface area contributed by atoms with Gasteiger partial charge in [0.25, 0.3) is 0 Å². The Morgan fingerprint density at radius 2 is 2.26 bits per heavy atom. The van der Waals surface area contributed by atoms with Crippen molar-refractivity contribution in [2.75, 3.05) is 6.26 Å². The van der Waals surface area contributed by atoms with Crippen LogP contribution in [0.1, 0.15) is 19.3 Å². The predicted octanol–water partition coefficient (Wildman–Crippen LogP) is 4.89. The number of rotatable bonds is 3. The van der Waals surface area contributed by atoms with Gasteiger partial charge in [0.2, 0.25) is 0 Å². The molecule has 0 bridgehead atoms. The van der Waals surface area contributed by atoms with Crippen molar-refractivity contribution in [2.24, 2.45) is 0 Å². The maximum atomic E-state index is 13.6. The van der Waals surface area contributed by atoms with E-state index in [0.29, 0.717) is 14.0 Å². The molecule has 19 heavy (non-hydrogen) atoms. The van der Waals surface area contributed by atoms with Gasteiger partial charge in [-0.3, -0.25) is 0 Å². The first-order valence-electron chi connectivity index (χ1n) is 6.17. The van der Waals surface area contributed by atoms with E-state index in [0.717, 1.165) is 17.6 Å². The topological polar surface area (TPSA) is 20.7 Å². The van der Waals surface area contributed by atoms with E-state index in [1.54, 1.807) is 0 Å². The number of thioether (sulfide) groups is 1. The average Bonchev–Trinajstić information content (AvgIpc) is 2.61. The van der Waals surface area contributed by atoms with Crippen LogP contribution >= 0.6 is 39.9 Å². The number of imidazole rings is 1. The summed E-state index contributed by atoms with van der Waals surface area (Å²) >= 11 is 10.5. The first-order valence-corrected chi connectivity index (χ1v) is 8.60. The molecular weight excluding hydrogens is 347 g/mol. The Morgan fingerprint density at radius 3 is 2.84 bits per heavy atom. The molecule has 1 aliphatic rings. The minimum Gasteiger partial charge on any atom is -0.330 e. The van der Waals surface area contributed by atoms with Crippen molar-refractivity contribution in [3.05, 3.63) is 27.2 Å². The van der Waals surface area contributed by atoms with Crippen molar-refractivity contribution in [3.63, 3.8) is 0 Å². The van der Waals surface area contributed by atoms with E-state index in [-0.39, 0.29) is 5.82 Å². The van der Waals surface area contributed by atoms with E-state index in [2.05, 4.69) is 31.7 Å². The molecule has 1 N–H and O–H groups in total. The molecule has 2 nitrogen and oxygen atoms in total. The standard InChI is InChI=1S/C13H14BrFN2S2/c1-19-13(3-2-4-13)7-17-11-5-8(14)9(15)6-10(11)16-12(17)18/h5-6H,2-4,7H2,1H3,(H,16,18). The molecule has 0 radical (unpaired) electrons. The van der Waals surface area contributed by atoms with E-state index >= 15 is 0 Å². The Balaban J connectivity index is 2.10. The molecule has 3 rings (SSSR count). The summed E-state index contributed by atoms with van der Waals surface area (Å²) in [5.74, 6) is -0.265. The van der Waals surface area contributed by atoms with E-state index in [1.807, 2.05) is 17.8 Å². The van der Waals surface area contributed by atoms with Gasteiger partial charge in [0.1, 0.15) is 5.82 Å². The van der Waals surface area contributed by atoms with Crippen LogP contribution in [0.25, 0.3) is 11.0 Å². The van der Waals surface area contributed by atoms with Gasteiger partial charge in [0.05, 0.1) is 15.5 Å². The summed E-state index contributed by atoms with van der Waals surface area (Å²) in [7, 11) is 0. The summed E-state index contributed by atoms with van der Waals surface area (Å²) in [6.07, 6.45) is 5.90. The molecule has 2 aromatic rings. The van der Waals surface area contributed by atoms with Crippen LogP contribution < -0.4 is 0 Å². The largest absolute Gasteiger partial charge is 0.330 e. The second-order valence-corrected chi connectivity index (χ2v) is 7.56. The zero-order valence-corrected chi connectivity index (χ0v) is 13.7. The van der Waals surface area contributed by atoms with Gasteiger partial charge in [-0.2, -0.15) is 11.8 Å². The first kappa shape index (κ1) is 13.6. The van der Waals surface area contributed by atoms with Crippen molar-refractivity contribution < 1.29 is 4.39 Å². The molecule has 1 aliphatic carbocycles. The summed E-state index contributed by atoms with van der Waals surface area (Å²) in [5.41, 5.74) is 1.74. The third kappa shape index (κ3) is 2.28. The fraction of sp³-hybridized carbons (Fsp3) is 0.462. The van der Waals surface area contributed by atoms with E-state index < -0.39 is 0 Å². The van der Waals surface area contributed by atoms with Crippen LogP contribution in [0.15, 0.2) is 16.6 Å². The Bertz CT molecular complexity index is 682. The van der Waals surface area contributed by atoms with E-state index in [1.165, 1.54) is 25.3 Å². The SMILES string of the molecule is CSC1(Cn2c(=S)[nH]c3cc(F)c(Br)cc32)CCC1. The Kier molecular flexibility index (Phi) is 3.52. The van der Waals surface area contributed by atoms with E-state index in [4.69, 9.17) is 12.2 Å². The summed E-state index contributed by atoms with van der Waals surface area (Å²) in [6.45, 7) is 0.894. The molecule has 1 saturated carbocycles. The molecule has 1 aromatic heterocycles. The lowest BCUT2D eigenvalue weighted by Crippen LogP contribution is -2.37. The van der Waals surface area contributed by atoms with Gasteiger partial charge >= 0.3 is 0 Å². The van der Waals surface area contributed by atoms with Crippen LogP contribution in [0.5, 0.6) is 0 Å². The first-order chi connectivity index (χ1) is 9.04. The molecule has 0 amide bonds. The summed E-state index contributed by atoms with van der Waals surface area (Å²) in [4.78, 5) is 3.10. The van der Waals surface area contributed by atoms with Gasteiger partial charge in [0, 0.05) is 17.4 Å². The molecule has 1 fully saturated rings. The number of H-pyrrole nitrogens is 1. The number of aromatic nitrogens is 2. The highest BCUT2D eigenvalue weighted by Crippen LogP contribution is 2.44. The van der Waals surface area contributed by atoms with Crippen LogP contribution in [-0.4, -0.2) is 20.6 Å². The van der Waals surface area contributed by atoms with Gasteiger partial charge in [0.15, 0.2) is 4.77 Å². The second-order valence-electron chi connectivity index (χ2n) is 5.04. The number of hydrogen-bond acceptors (Lipinski definition) is 2. The summed E-state index contributed by atoms with van der Waals surface area (Å²) in [6, 6.07) is 3.31. The van der Waals surface area contributed by atoms with Crippen molar-refractivity contribution in [2.45, 2.75) is 30.6 Å².